The Morgan fingerprint density at radius 1 is 1.12 bits per heavy atom. The lowest BCUT2D eigenvalue weighted by Crippen LogP contribution is -2.28. The van der Waals surface area contributed by atoms with Crippen molar-refractivity contribution >= 4 is 5.71 Å². The van der Waals surface area contributed by atoms with Crippen molar-refractivity contribution in [2.75, 3.05) is 0 Å². The topological polar surface area (TPSA) is 12.4 Å². The van der Waals surface area contributed by atoms with E-state index in [1.54, 1.807) is 0 Å². The van der Waals surface area contributed by atoms with Crippen molar-refractivity contribution in [3.05, 3.63) is 35.9 Å². The predicted molar refractivity (Wildman–Crippen MR) is 74.5 cm³/mol. The van der Waals surface area contributed by atoms with Gasteiger partial charge in [-0.1, -0.05) is 50.6 Å². The van der Waals surface area contributed by atoms with Gasteiger partial charge in [0.1, 0.15) is 0 Å². The van der Waals surface area contributed by atoms with E-state index in [-0.39, 0.29) is 0 Å². The molecule has 1 atom stereocenters. The molecule has 1 saturated carbocycles. The van der Waals surface area contributed by atoms with Gasteiger partial charge < -0.3 is 0 Å². The summed E-state index contributed by atoms with van der Waals surface area (Å²) in [6, 6.07) is 10.9. The molecule has 0 aromatic heterocycles. The van der Waals surface area contributed by atoms with E-state index in [2.05, 4.69) is 51.1 Å². The van der Waals surface area contributed by atoms with E-state index >= 15 is 0 Å². The van der Waals surface area contributed by atoms with Crippen molar-refractivity contribution in [2.24, 2.45) is 10.4 Å². The Balaban J connectivity index is 2.18. The van der Waals surface area contributed by atoms with Crippen LogP contribution in [0, 0.1) is 5.41 Å². The first-order valence-corrected chi connectivity index (χ1v) is 6.72. The minimum Gasteiger partial charge on any atom is -0.286 e. The second kappa shape index (κ2) is 5.03. The molecule has 92 valence electrons. The predicted octanol–water partition coefficient (Wildman–Crippen LogP) is 4.79. The Labute approximate surface area is 105 Å². The number of hydrogen-bond acceptors (Lipinski definition) is 1. The van der Waals surface area contributed by atoms with E-state index in [0.717, 1.165) is 0 Å². The van der Waals surface area contributed by atoms with E-state index in [0.29, 0.717) is 11.5 Å². The van der Waals surface area contributed by atoms with Gasteiger partial charge in [-0.3, -0.25) is 4.99 Å². The molecule has 0 saturated heterocycles. The van der Waals surface area contributed by atoms with Gasteiger partial charge in [-0.15, -0.1) is 0 Å². The van der Waals surface area contributed by atoms with Crippen molar-refractivity contribution in [1.82, 2.24) is 0 Å². The lowest BCUT2D eigenvalue weighted by atomic mass is 9.75. The van der Waals surface area contributed by atoms with Gasteiger partial charge in [0.25, 0.3) is 0 Å². The molecule has 0 unspecified atom stereocenters. The van der Waals surface area contributed by atoms with Crippen LogP contribution >= 0.6 is 0 Å². The summed E-state index contributed by atoms with van der Waals surface area (Å²) in [5, 5.41) is 0. The number of hydrogen-bond donors (Lipinski definition) is 0. The smallest absolute Gasteiger partial charge is 0.0720 e. The molecule has 1 aliphatic carbocycles. The fourth-order valence-electron chi connectivity index (χ4n) is 2.62. The maximum absolute atomic E-state index is 4.98. The van der Waals surface area contributed by atoms with Crippen LogP contribution in [0.15, 0.2) is 35.3 Å². The normalized spacial score (nSPS) is 23.6. The van der Waals surface area contributed by atoms with Gasteiger partial charge in [-0.05, 0) is 31.7 Å². The molecular formula is C16H23N. The molecule has 0 radical (unpaired) electrons. The van der Waals surface area contributed by atoms with Crippen molar-refractivity contribution in [3.63, 3.8) is 0 Å². The van der Waals surface area contributed by atoms with E-state index < -0.39 is 0 Å². The Bertz CT molecular complexity index is 389. The number of benzene rings is 1. The molecule has 0 amide bonds. The molecule has 0 heterocycles. The largest absolute Gasteiger partial charge is 0.286 e. The Hall–Kier alpha value is -1.11. The molecular weight excluding hydrogens is 206 g/mol. The second-order valence-electron chi connectivity index (χ2n) is 5.75. The van der Waals surface area contributed by atoms with Crippen LogP contribution in [0.5, 0.6) is 0 Å². The average molecular weight is 229 g/mol. The standard InChI is InChI=1S/C16H23N/c1-13(14-9-5-4-6-10-14)17-15-11-7-8-12-16(15,2)3/h4-6,9-10,13H,7-8,11-12H2,1-3H3/t13-/m0/s1. The average Bonchev–Trinajstić information content (AvgIpc) is 2.33. The second-order valence-corrected chi connectivity index (χ2v) is 5.75. The summed E-state index contributed by atoms with van der Waals surface area (Å²) in [7, 11) is 0. The van der Waals surface area contributed by atoms with Gasteiger partial charge in [0.2, 0.25) is 0 Å². The summed E-state index contributed by atoms with van der Waals surface area (Å²) < 4.78 is 0. The first-order chi connectivity index (χ1) is 8.09. The van der Waals surface area contributed by atoms with Crippen LogP contribution in [0.25, 0.3) is 0 Å². The van der Waals surface area contributed by atoms with Crippen LogP contribution in [0.2, 0.25) is 0 Å². The zero-order valence-electron chi connectivity index (χ0n) is 11.2. The van der Waals surface area contributed by atoms with Crippen LogP contribution in [0.3, 0.4) is 0 Å². The molecule has 1 aliphatic rings. The van der Waals surface area contributed by atoms with Crippen molar-refractivity contribution in [3.8, 4) is 0 Å². The van der Waals surface area contributed by atoms with E-state index in [1.807, 2.05) is 0 Å². The third-order valence-corrected chi connectivity index (χ3v) is 3.88. The fourth-order valence-corrected chi connectivity index (χ4v) is 2.62. The number of nitrogens with zero attached hydrogens (tertiary/aromatic N) is 1. The van der Waals surface area contributed by atoms with Crippen molar-refractivity contribution in [2.45, 2.75) is 52.5 Å². The minimum absolute atomic E-state index is 0.295. The molecule has 1 aromatic carbocycles. The van der Waals surface area contributed by atoms with Gasteiger partial charge in [0.05, 0.1) is 6.04 Å². The first kappa shape index (κ1) is 12.3. The third kappa shape index (κ3) is 2.96. The number of aliphatic imine (C=N–C) groups is 1. The molecule has 1 aromatic rings. The van der Waals surface area contributed by atoms with Crippen molar-refractivity contribution in [1.29, 1.82) is 0 Å². The zero-order chi connectivity index (χ0) is 12.3. The molecule has 1 heteroatoms. The highest BCUT2D eigenvalue weighted by atomic mass is 14.8. The molecule has 1 fully saturated rings. The van der Waals surface area contributed by atoms with Gasteiger partial charge in [0, 0.05) is 11.1 Å². The van der Waals surface area contributed by atoms with E-state index in [9.17, 15) is 0 Å². The Morgan fingerprint density at radius 3 is 2.47 bits per heavy atom. The lowest BCUT2D eigenvalue weighted by Gasteiger charge is -2.32. The third-order valence-electron chi connectivity index (χ3n) is 3.88. The van der Waals surface area contributed by atoms with Gasteiger partial charge in [0.15, 0.2) is 0 Å². The zero-order valence-corrected chi connectivity index (χ0v) is 11.2. The minimum atomic E-state index is 0.295. The summed E-state index contributed by atoms with van der Waals surface area (Å²) in [5.74, 6) is 0. The molecule has 0 bridgehead atoms. The summed E-state index contributed by atoms with van der Waals surface area (Å²) >= 11 is 0. The SMILES string of the molecule is C[C@H](N=C1CCCCC1(C)C)c1ccccc1. The van der Waals surface area contributed by atoms with E-state index in [4.69, 9.17) is 4.99 Å². The van der Waals surface area contributed by atoms with Crippen LogP contribution in [-0.2, 0) is 0 Å². The molecule has 0 N–H and O–H groups in total. The highest BCUT2D eigenvalue weighted by Gasteiger charge is 2.28. The van der Waals surface area contributed by atoms with Crippen LogP contribution in [-0.4, -0.2) is 5.71 Å². The summed E-state index contributed by atoms with van der Waals surface area (Å²) in [6.07, 6.45) is 5.13. The summed E-state index contributed by atoms with van der Waals surface area (Å²) in [4.78, 5) is 4.98. The maximum Gasteiger partial charge on any atom is 0.0720 e. The maximum atomic E-state index is 4.98. The fraction of sp³-hybridized carbons (Fsp3) is 0.562. The Kier molecular flexibility index (Phi) is 3.66. The van der Waals surface area contributed by atoms with Gasteiger partial charge in [-0.2, -0.15) is 0 Å². The van der Waals surface area contributed by atoms with Crippen molar-refractivity contribution < 1.29 is 0 Å². The molecule has 1 nitrogen and oxygen atoms in total. The summed E-state index contributed by atoms with van der Waals surface area (Å²) in [6.45, 7) is 6.87. The molecule has 17 heavy (non-hydrogen) atoms. The lowest BCUT2D eigenvalue weighted by molar-refractivity contribution is 0.407. The molecule has 0 aliphatic heterocycles. The van der Waals surface area contributed by atoms with E-state index in [1.165, 1.54) is 37.0 Å². The Morgan fingerprint density at radius 2 is 1.82 bits per heavy atom. The monoisotopic (exact) mass is 229 g/mol. The van der Waals surface area contributed by atoms with Crippen LogP contribution in [0.4, 0.5) is 0 Å². The molecule has 2 rings (SSSR count). The van der Waals surface area contributed by atoms with Gasteiger partial charge >= 0.3 is 0 Å². The number of rotatable bonds is 2. The summed E-state index contributed by atoms with van der Waals surface area (Å²) in [5.41, 5.74) is 3.04. The molecule has 0 spiro atoms. The highest BCUT2D eigenvalue weighted by Crippen LogP contribution is 2.34. The first-order valence-electron chi connectivity index (χ1n) is 6.72. The highest BCUT2D eigenvalue weighted by molar-refractivity contribution is 5.90. The van der Waals surface area contributed by atoms with Crippen LogP contribution < -0.4 is 0 Å². The van der Waals surface area contributed by atoms with Gasteiger partial charge in [-0.25, -0.2) is 0 Å². The quantitative estimate of drug-likeness (QED) is 0.691. The van der Waals surface area contributed by atoms with Crippen LogP contribution in [0.1, 0.15) is 58.1 Å².